The first-order valence-corrected chi connectivity index (χ1v) is 3.41. The molecule has 2 aromatic rings. The summed E-state index contributed by atoms with van der Waals surface area (Å²) in [5.41, 5.74) is -0.0926. The highest BCUT2D eigenvalue weighted by molar-refractivity contribution is 5.62. The molecule has 0 saturated carbocycles. The van der Waals surface area contributed by atoms with Gasteiger partial charge in [-0.2, -0.15) is 0 Å². The molecule has 6 heteroatoms. The van der Waals surface area contributed by atoms with Crippen molar-refractivity contribution in [1.29, 1.82) is 0 Å². The SMILES string of the molecule is O=[N+]([O-])c1conc1-c1ccco1. The zero-order chi connectivity index (χ0) is 9.26. The van der Waals surface area contributed by atoms with Crippen LogP contribution in [0.1, 0.15) is 0 Å². The summed E-state index contributed by atoms with van der Waals surface area (Å²) < 4.78 is 9.42. The Morgan fingerprint density at radius 1 is 1.54 bits per heavy atom. The molecule has 13 heavy (non-hydrogen) atoms. The summed E-state index contributed by atoms with van der Waals surface area (Å²) in [6.45, 7) is 0. The van der Waals surface area contributed by atoms with Gasteiger partial charge >= 0.3 is 5.69 Å². The van der Waals surface area contributed by atoms with Crippen molar-refractivity contribution in [3.05, 3.63) is 34.8 Å². The van der Waals surface area contributed by atoms with Gasteiger partial charge in [-0.3, -0.25) is 10.1 Å². The van der Waals surface area contributed by atoms with Crippen molar-refractivity contribution in [2.45, 2.75) is 0 Å². The average Bonchev–Trinajstić information content (AvgIpc) is 2.74. The Morgan fingerprint density at radius 3 is 3.00 bits per heavy atom. The van der Waals surface area contributed by atoms with Crippen molar-refractivity contribution in [3.8, 4) is 11.5 Å². The Bertz CT molecular complexity index is 417. The van der Waals surface area contributed by atoms with Crippen molar-refractivity contribution < 1.29 is 13.9 Å². The quantitative estimate of drug-likeness (QED) is 0.520. The van der Waals surface area contributed by atoms with Gasteiger partial charge in [0.25, 0.3) is 0 Å². The molecule has 2 heterocycles. The van der Waals surface area contributed by atoms with Gasteiger partial charge in [0.1, 0.15) is 0 Å². The lowest BCUT2D eigenvalue weighted by atomic mass is 10.3. The van der Waals surface area contributed by atoms with Crippen molar-refractivity contribution in [3.63, 3.8) is 0 Å². The molecule has 0 atom stereocenters. The van der Waals surface area contributed by atoms with E-state index in [-0.39, 0.29) is 11.4 Å². The van der Waals surface area contributed by atoms with Gasteiger partial charge < -0.3 is 8.94 Å². The molecular weight excluding hydrogens is 176 g/mol. The lowest BCUT2D eigenvalue weighted by Gasteiger charge is -1.87. The molecule has 0 aliphatic carbocycles. The summed E-state index contributed by atoms with van der Waals surface area (Å²) in [7, 11) is 0. The second kappa shape index (κ2) is 2.74. The molecule has 0 N–H and O–H groups in total. The lowest BCUT2D eigenvalue weighted by Crippen LogP contribution is -1.87. The maximum Gasteiger partial charge on any atom is 0.339 e. The van der Waals surface area contributed by atoms with Crippen LogP contribution in [0.3, 0.4) is 0 Å². The first kappa shape index (κ1) is 7.53. The number of hydrogen-bond acceptors (Lipinski definition) is 5. The van der Waals surface area contributed by atoms with Crippen molar-refractivity contribution in [2.24, 2.45) is 0 Å². The number of hydrogen-bond donors (Lipinski definition) is 0. The lowest BCUT2D eigenvalue weighted by molar-refractivity contribution is -0.384. The van der Waals surface area contributed by atoms with Crippen LogP contribution in [0, 0.1) is 10.1 Å². The van der Waals surface area contributed by atoms with Crippen molar-refractivity contribution in [1.82, 2.24) is 5.16 Å². The molecule has 0 aromatic carbocycles. The summed E-state index contributed by atoms with van der Waals surface area (Å²) in [5, 5.41) is 13.9. The highest BCUT2D eigenvalue weighted by Crippen LogP contribution is 2.27. The van der Waals surface area contributed by atoms with Gasteiger partial charge in [-0.1, -0.05) is 5.16 Å². The normalized spacial score (nSPS) is 10.2. The molecule has 2 aromatic heterocycles. The van der Waals surface area contributed by atoms with Crippen LogP contribution in [0.2, 0.25) is 0 Å². The van der Waals surface area contributed by atoms with E-state index in [0.29, 0.717) is 5.76 Å². The Labute approximate surface area is 71.9 Å². The van der Waals surface area contributed by atoms with Crippen molar-refractivity contribution in [2.75, 3.05) is 0 Å². The van der Waals surface area contributed by atoms with Crippen LogP contribution in [0.15, 0.2) is 33.6 Å². The van der Waals surface area contributed by atoms with E-state index < -0.39 is 4.92 Å². The zero-order valence-electron chi connectivity index (χ0n) is 6.34. The Balaban J connectivity index is 2.52. The van der Waals surface area contributed by atoms with Gasteiger partial charge in [0, 0.05) is 0 Å². The summed E-state index contributed by atoms with van der Waals surface area (Å²) >= 11 is 0. The third kappa shape index (κ3) is 1.18. The highest BCUT2D eigenvalue weighted by Gasteiger charge is 2.21. The molecule has 0 fully saturated rings. The molecule has 2 rings (SSSR count). The van der Waals surface area contributed by atoms with Crippen LogP contribution >= 0.6 is 0 Å². The Hall–Kier alpha value is -2.11. The minimum atomic E-state index is -0.575. The van der Waals surface area contributed by atoms with E-state index in [9.17, 15) is 10.1 Å². The van der Waals surface area contributed by atoms with E-state index >= 15 is 0 Å². The summed E-state index contributed by atoms with van der Waals surface area (Å²) in [6, 6.07) is 3.19. The molecular formula is C7H4N2O4. The number of nitrogens with zero attached hydrogens (tertiary/aromatic N) is 2. The fraction of sp³-hybridized carbons (Fsp3) is 0. The number of furan rings is 1. The van der Waals surface area contributed by atoms with Crippen LogP contribution in [0.4, 0.5) is 5.69 Å². The third-order valence-corrected chi connectivity index (χ3v) is 1.50. The minimum Gasteiger partial charge on any atom is -0.462 e. The first-order chi connectivity index (χ1) is 6.29. The van der Waals surface area contributed by atoms with E-state index in [4.69, 9.17) is 4.42 Å². The summed E-state index contributed by atoms with van der Waals surface area (Å²) in [5.74, 6) is 0.320. The fourth-order valence-corrected chi connectivity index (χ4v) is 0.946. The number of aromatic nitrogens is 1. The second-order valence-corrected chi connectivity index (χ2v) is 2.28. The highest BCUT2D eigenvalue weighted by atomic mass is 16.6. The zero-order valence-corrected chi connectivity index (χ0v) is 6.34. The molecule has 0 aliphatic rings. The summed E-state index contributed by atoms with van der Waals surface area (Å²) in [4.78, 5) is 9.87. The second-order valence-electron chi connectivity index (χ2n) is 2.28. The maximum atomic E-state index is 10.4. The van der Waals surface area contributed by atoms with Gasteiger partial charge in [-0.25, -0.2) is 0 Å². The van der Waals surface area contributed by atoms with Crippen LogP contribution in [-0.2, 0) is 0 Å². The molecule has 0 spiro atoms. The molecule has 0 bridgehead atoms. The Kier molecular flexibility index (Phi) is 1.59. The first-order valence-electron chi connectivity index (χ1n) is 3.41. The van der Waals surface area contributed by atoms with Crippen molar-refractivity contribution >= 4 is 5.69 Å². The molecule has 0 radical (unpaired) electrons. The largest absolute Gasteiger partial charge is 0.462 e. The number of nitro groups is 1. The maximum absolute atomic E-state index is 10.4. The van der Waals surface area contributed by atoms with E-state index in [1.54, 1.807) is 12.1 Å². The monoisotopic (exact) mass is 180 g/mol. The average molecular weight is 180 g/mol. The van der Waals surface area contributed by atoms with E-state index in [1.807, 2.05) is 0 Å². The predicted molar refractivity (Wildman–Crippen MR) is 40.9 cm³/mol. The van der Waals surface area contributed by atoms with E-state index in [2.05, 4.69) is 9.68 Å². The van der Waals surface area contributed by atoms with Crippen LogP contribution in [-0.4, -0.2) is 10.1 Å². The van der Waals surface area contributed by atoms with Gasteiger partial charge in [-0.05, 0) is 12.1 Å². The third-order valence-electron chi connectivity index (χ3n) is 1.50. The molecule has 0 amide bonds. The van der Waals surface area contributed by atoms with Crippen LogP contribution < -0.4 is 0 Å². The van der Waals surface area contributed by atoms with Gasteiger partial charge in [0.2, 0.25) is 12.0 Å². The molecule has 0 unspecified atom stereocenters. The number of rotatable bonds is 2. The van der Waals surface area contributed by atoms with Crippen LogP contribution in [0.5, 0.6) is 0 Å². The van der Waals surface area contributed by atoms with E-state index in [1.165, 1.54) is 6.26 Å². The topological polar surface area (TPSA) is 82.3 Å². The standard InChI is InChI=1S/C7H4N2O4/c10-9(11)5-4-13-8-7(5)6-2-1-3-12-6/h1-4H. The van der Waals surface area contributed by atoms with Gasteiger partial charge in [0.05, 0.1) is 11.2 Å². The van der Waals surface area contributed by atoms with Crippen LogP contribution in [0.25, 0.3) is 11.5 Å². The molecule has 0 aliphatic heterocycles. The smallest absolute Gasteiger partial charge is 0.339 e. The predicted octanol–water partition coefficient (Wildman–Crippen LogP) is 1.84. The molecule has 0 saturated heterocycles. The molecule has 6 nitrogen and oxygen atoms in total. The molecule has 66 valence electrons. The minimum absolute atomic E-state index is 0.106. The summed E-state index contributed by atoms with van der Waals surface area (Å²) in [6.07, 6.45) is 2.38. The van der Waals surface area contributed by atoms with Gasteiger partial charge in [0.15, 0.2) is 5.76 Å². The Morgan fingerprint density at radius 2 is 2.38 bits per heavy atom. The van der Waals surface area contributed by atoms with E-state index in [0.717, 1.165) is 6.26 Å². The van der Waals surface area contributed by atoms with Gasteiger partial charge in [-0.15, -0.1) is 0 Å². The fourth-order valence-electron chi connectivity index (χ4n) is 0.946.